The van der Waals surface area contributed by atoms with E-state index in [1.165, 1.54) is 6.07 Å². The smallest absolute Gasteiger partial charge is 0.321 e. The van der Waals surface area contributed by atoms with Crippen LogP contribution in [0, 0.1) is 0 Å². The molecule has 0 saturated heterocycles. The lowest BCUT2D eigenvalue weighted by Crippen LogP contribution is -2.52. The number of carboxylic acid groups (broad SMARTS) is 1. The van der Waals surface area contributed by atoms with Gasteiger partial charge in [-0.3, -0.25) is 10.1 Å². The number of carbonyl (C=O) groups is 1. The molecule has 0 amide bonds. The van der Waals surface area contributed by atoms with Crippen molar-refractivity contribution in [2.75, 3.05) is 0 Å². The first-order valence-electron chi connectivity index (χ1n) is 5.37. The highest BCUT2D eigenvalue weighted by Gasteiger charge is 2.38. The summed E-state index contributed by atoms with van der Waals surface area (Å²) in [4.78, 5) is 11.0. The molecular weight excluding hydrogens is 222 g/mol. The molecule has 0 aromatic heterocycles. The Labute approximate surface area is 98.7 Å². The highest BCUT2D eigenvalue weighted by molar-refractivity contribution is 5.75. The minimum atomic E-state index is -0.920. The Morgan fingerprint density at radius 3 is 2.65 bits per heavy atom. The highest BCUT2D eigenvalue weighted by Crippen LogP contribution is 2.41. The van der Waals surface area contributed by atoms with E-state index >= 15 is 0 Å². The summed E-state index contributed by atoms with van der Waals surface area (Å²) in [6, 6.07) is 2.36. The van der Waals surface area contributed by atoms with Crippen LogP contribution < -0.4 is 5.32 Å². The van der Waals surface area contributed by atoms with Crippen molar-refractivity contribution in [2.45, 2.75) is 31.8 Å². The fourth-order valence-electron chi connectivity index (χ4n) is 2.42. The van der Waals surface area contributed by atoms with Gasteiger partial charge in [0, 0.05) is 11.1 Å². The molecule has 2 rings (SSSR count). The zero-order chi connectivity index (χ0) is 12.8. The molecule has 0 fully saturated rings. The monoisotopic (exact) mass is 237 g/mol. The van der Waals surface area contributed by atoms with E-state index in [-0.39, 0.29) is 11.5 Å². The normalized spacial score (nSPS) is 21.9. The number of carboxylic acids is 1. The van der Waals surface area contributed by atoms with Crippen LogP contribution in [0.3, 0.4) is 0 Å². The molecule has 92 valence electrons. The van der Waals surface area contributed by atoms with Gasteiger partial charge < -0.3 is 15.3 Å². The van der Waals surface area contributed by atoms with Crippen LogP contribution in [0.5, 0.6) is 11.5 Å². The SMILES string of the molecule is CC1(C)N[C@H](C(=O)O)Cc2ccc(O)c(O)c21. The number of rotatable bonds is 1. The van der Waals surface area contributed by atoms with Gasteiger partial charge in [-0.1, -0.05) is 6.07 Å². The van der Waals surface area contributed by atoms with Crippen molar-refractivity contribution in [3.63, 3.8) is 0 Å². The molecule has 0 unspecified atom stereocenters. The first kappa shape index (κ1) is 11.7. The molecule has 5 heteroatoms. The van der Waals surface area contributed by atoms with Crippen LogP contribution in [-0.4, -0.2) is 27.3 Å². The fourth-order valence-corrected chi connectivity index (χ4v) is 2.42. The third-order valence-corrected chi connectivity index (χ3v) is 3.13. The molecule has 1 aliphatic rings. The molecule has 1 aromatic rings. The van der Waals surface area contributed by atoms with Crippen LogP contribution in [-0.2, 0) is 16.8 Å². The van der Waals surface area contributed by atoms with E-state index in [4.69, 9.17) is 5.11 Å². The van der Waals surface area contributed by atoms with Crippen LogP contribution in [0.25, 0.3) is 0 Å². The molecule has 1 heterocycles. The Kier molecular flexibility index (Phi) is 2.50. The summed E-state index contributed by atoms with van der Waals surface area (Å²) < 4.78 is 0. The van der Waals surface area contributed by atoms with E-state index in [0.29, 0.717) is 12.0 Å². The number of fused-ring (bicyclic) bond motifs is 1. The zero-order valence-electron chi connectivity index (χ0n) is 9.69. The topological polar surface area (TPSA) is 89.8 Å². The van der Waals surface area contributed by atoms with Crippen LogP contribution in [0.15, 0.2) is 12.1 Å². The van der Waals surface area contributed by atoms with Gasteiger partial charge in [0.2, 0.25) is 0 Å². The molecule has 4 N–H and O–H groups in total. The second kappa shape index (κ2) is 3.63. The second-order valence-corrected chi connectivity index (χ2v) is 4.83. The van der Waals surface area contributed by atoms with E-state index in [2.05, 4.69) is 5.32 Å². The number of phenols is 2. The van der Waals surface area contributed by atoms with Gasteiger partial charge in [-0.05, 0) is 31.9 Å². The predicted octanol–water partition coefficient (Wildman–Crippen LogP) is 0.932. The molecule has 1 atom stereocenters. The van der Waals surface area contributed by atoms with Crippen molar-refractivity contribution in [3.05, 3.63) is 23.3 Å². The number of phenolic OH excluding ortho intramolecular Hbond substituents is 2. The Hall–Kier alpha value is -1.75. The first-order chi connectivity index (χ1) is 7.83. The molecule has 0 bridgehead atoms. The second-order valence-electron chi connectivity index (χ2n) is 4.83. The van der Waals surface area contributed by atoms with Crippen LogP contribution in [0.2, 0.25) is 0 Å². The summed E-state index contributed by atoms with van der Waals surface area (Å²) in [5.74, 6) is -1.28. The predicted molar refractivity (Wildman–Crippen MR) is 61.1 cm³/mol. The summed E-state index contributed by atoms with van der Waals surface area (Å²) >= 11 is 0. The van der Waals surface area contributed by atoms with E-state index in [0.717, 1.165) is 5.56 Å². The van der Waals surface area contributed by atoms with Crippen molar-refractivity contribution < 1.29 is 20.1 Å². The van der Waals surface area contributed by atoms with Gasteiger partial charge in [0.1, 0.15) is 6.04 Å². The maximum atomic E-state index is 11.0. The van der Waals surface area contributed by atoms with E-state index in [1.54, 1.807) is 19.9 Å². The van der Waals surface area contributed by atoms with Crippen molar-refractivity contribution in [1.29, 1.82) is 0 Å². The standard InChI is InChI=1S/C12H15NO4/c1-12(2)9-6(3-4-8(14)10(9)15)5-7(13-12)11(16)17/h3-4,7,13-15H,5H2,1-2H3,(H,16,17)/t7-/m0/s1. The van der Waals surface area contributed by atoms with Crippen molar-refractivity contribution >= 4 is 5.97 Å². The van der Waals surface area contributed by atoms with Gasteiger partial charge in [-0.25, -0.2) is 0 Å². The molecule has 0 radical (unpaired) electrons. The lowest BCUT2D eigenvalue weighted by Gasteiger charge is -2.37. The molecule has 1 aliphatic heterocycles. The minimum Gasteiger partial charge on any atom is -0.504 e. The van der Waals surface area contributed by atoms with E-state index in [1.807, 2.05) is 0 Å². The molecule has 17 heavy (non-hydrogen) atoms. The van der Waals surface area contributed by atoms with Gasteiger partial charge >= 0.3 is 5.97 Å². The zero-order valence-corrected chi connectivity index (χ0v) is 9.69. The van der Waals surface area contributed by atoms with Gasteiger partial charge in [-0.15, -0.1) is 0 Å². The molecule has 0 saturated carbocycles. The minimum absolute atomic E-state index is 0.177. The first-order valence-corrected chi connectivity index (χ1v) is 5.37. The fraction of sp³-hybridized carbons (Fsp3) is 0.417. The van der Waals surface area contributed by atoms with Crippen LogP contribution in [0.4, 0.5) is 0 Å². The van der Waals surface area contributed by atoms with Gasteiger partial charge in [0.15, 0.2) is 11.5 Å². The number of benzene rings is 1. The molecule has 0 aliphatic carbocycles. The Bertz CT molecular complexity index is 482. The maximum Gasteiger partial charge on any atom is 0.321 e. The molecule has 0 spiro atoms. The third-order valence-electron chi connectivity index (χ3n) is 3.13. The van der Waals surface area contributed by atoms with E-state index in [9.17, 15) is 15.0 Å². The lowest BCUT2D eigenvalue weighted by molar-refractivity contribution is -0.140. The average Bonchev–Trinajstić information content (AvgIpc) is 2.21. The summed E-state index contributed by atoms with van der Waals surface area (Å²) in [6.07, 6.45) is 0.294. The highest BCUT2D eigenvalue weighted by atomic mass is 16.4. The van der Waals surface area contributed by atoms with Gasteiger partial charge in [0.05, 0.1) is 0 Å². The molecule has 1 aromatic carbocycles. The number of nitrogens with one attached hydrogen (secondary N) is 1. The largest absolute Gasteiger partial charge is 0.504 e. The Balaban J connectivity index is 2.56. The van der Waals surface area contributed by atoms with E-state index < -0.39 is 17.6 Å². The third kappa shape index (κ3) is 1.82. The lowest BCUT2D eigenvalue weighted by atomic mass is 9.81. The van der Waals surface area contributed by atoms with Crippen LogP contribution >= 0.6 is 0 Å². The summed E-state index contributed by atoms with van der Waals surface area (Å²) in [5, 5.41) is 31.3. The molecule has 5 nitrogen and oxygen atoms in total. The molecular formula is C12H15NO4. The van der Waals surface area contributed by atoms with Gasteiger partial charge in [0.25, 0.3) is 0 Å². The summed E-state index contributed by atoms with van der Waals surface area (Å²) in [7, 11) is 0. The quantitative estimate of drug-likeness (QED) is 0.546. The summed E-state index contributed by atoms with van der Waals surface area (Å²) in [5.41, 5.74) is 0.617. The van der Waals surface area contributed by atoms with Gasteiger partial charge in [-0.2, -0.15) is 0 Å². The average molecular weight is 237 g/mol. The number of hydrogen-bond donors (Lipinski definition) is 4. The number of hydrogen-bond acceptors (Lipinski definition) is 4. The number of aromatic hydroxyl groups is 2. The number of aliphatic carboxylic acids is 1. The van der Waals surface area contributed by atoms with Crippen molar-refractivity contribution in [1.82, 2.24) is 5.32 Å². The van der Waals surface area contributed by atoms with Crippen LogP contribution in [0.1, 0.15) is 25.0 Å². The summed E-state index contributed by atoms with van der Waals surface area (Å²) in [6.45, 7) is 3.56. The maximum absolute atomic E-state index is 11.0. The Morgan fingerprint density at radius 1 is 1.41 bits per heavy atom. The van der Waals surface area contributed by atoms with Crippen molar-refractivity contribution in [3.8, 4) is 11.5 Å². The van der Waals surface area contributed by atoms with Crippen molar-refractivity contribution in [2.24, 2.45) is 0 Å². The Morgan fingerprint density at radius 2 is 2.06 bits per heavy atom.